The third-order valence-electron chi connectivity index (χ3n) is 3.42. The number of carbonyl (C=O) groups excluding carboxylic acids is 1. The first-order chi connectivity index (χ1) is 9.49. The molecule has 0 aromatic heterocycles. The summed E-state index contributed by atoms with van der Waals surface area (Å²) in [5.74, 6) is -1.23. The largest absolute Gasteiger partial charge is 0.371 e. The van der Waals surface area contributed by atoms with Crippen LogP contribution >= 0.6 is 15.9 Å². The molecule has 1 unspecified atom stereocenters. The minimum Gasteiger partial charge on any atom is -0.371 e. The van der Waals surface area contributed by atoms with Gasteiger partial charge >= 0.3 is 0 Å². The van der Waals surface area contributed by atoms with Crippen molar-refractivity contribution in [2.24, 2.45) is 0 Å². The van der Waals surface area contributed by atoms with Gasteiger partial charge in [0.15, 0.2) is 0 Å². The van der Waals surface area contributed by atoms with Crippen LogP contribution in [0.2, 0.25) is 0 Å². The Morgan fingerprint density at radius 1 is 1.25 bits per heavy atom. The van der Waals surface area contributed by atoms with E-state index in [1.165, 1.54) is 0 Å². The summed E-state index contributed by atoms with van der Waals surface area (Å²) >= 11 is 2.92. The molecule has 0 saturated carbocycles. The molecule has 0 bridgehead atoms. The van der Waals surface area contributed by atoms with Crippen LogP contribution in [0.15, 0.2) is 16.6 Å². The van der Waals surface area contributed by atoms with Gasteiger partial charge in [-0.3, -0.25) is 4.79 Å². The molecular weight excluding hydrogens is 330 g/mol. The molecule has 2 rings (SSSR count). The van der Waals surface area contributed by atoms with Crippen molar-refractivity contribution in [3.63, 3.8) is 0 Å². The number of amides is 1. The Kier molecular flexibility index (Phi) is 4.96. The van der Waals surface area contributed by atoms with Gasteiger partial charge in [-0.15, -0.1) is 0 Å². The summed E-state index contributed by atoms with van der Waals surface area (Å²) in [5.41, 5.74) is 0.00330. The minimum absolute atomic E-state index is 0.00330. The van der Waals surface area contributed by atoms with Crippen LogP contribution in [0.1, 0.15) is 26.2 Å². The lowest BCUT2D eigenvalue weighted by atomic mass is 10.1. The van der Waals surface area contributed by atoms with Crippen molar-refractivity contribution >= 4 is 27.5 Å². The number of hydrogen-bond donors (Lipinski definition) is 1. The highest BCUT2D eigenvalue weighted by atomic mass is 79.9. The second-order valence-corrected chi connectivity index (χ2v) is 5.85. The van der Waals surface area contributed by atoms with Crippen LogP contribution < -0.4 is 5.32 Å². The third-order valence-corrected chi connectivity index (χ3v) is 4.03. The summed E-state index contributed by atoms with van der Waals surface area (Å²) in [6, 6.07) is 1.53. The van der Waals surface area contributed by atoms with Crippen LogP contribution in [-0.2, 0) is 4.79 Å². The van der Waals surface area contributed by atoms with Crippen LogP contribution in [0, 0.1) is 11.6 Å². The lowest BCUT2D eigenvalue weighted by molar-refractivity contribution is -0.132. The minimum atomic E-state index is -0.587. The van der Waals surface area contributed by atoms with Gasteiger partial charge in [0.1, 0.15) is 17.7 Å². The fourth-order valence-corrected chi connectivity index (χ4v) is 2.63. The number of hydrogen-bond acceptors (Lipinski definition) is 2. The first-order valence-electron chi connectivity index (χ1n) is 6.69. The number of likely N-dealkylation sites (tertiary alicyclic amines) is 1. The van der Waals surface area contributed by atoms with E-state index in [0.717, 1.165) is 44.5 Å². The maximum atomic E-state index is 13.7. The molecule has 110 valence electrons. The van der Waals surface area contributed by atoms with E-state index in [1.54, 1.807) is 11.8 Å². The van der Waals surface area contributed by atoms with E-state index in [-0.39, 0.29) is 16.1 Å². The maximum absolute atomic E-state index is 13.7. The van der Waals surface area contributed by atoms with E-state index in [0.29, 0.717) is 0 Å². The Balaban J connectivity index is 2.05. The monoisotopic (exact) mass is 346 g/mol. The number of anilines is 1. The van der Waals surface area contributed by atoms with Gasteiger partial charge in [-0.25, -0.2) is 8.78 Å². The van der Waals surface area contributed by atoms with Crippen LogP contribution in [0.5, 0.6) is 0 Å². The lowest BCUT2D eigenvalue weighted by Gasteiger charge is -2.29. The van der Waals surface area contributed by atoms with Crippen molar-refractivity contribution in [3.8, 4) is 0 Å². The van der Waals surface area contributed by atoms with Crippen molar-refractivity contribution < 1.29 is 13.6 Å². The van der Waals surface area contributed by atoms with Gasteiger partial charge in [-0.2, -0.15) is 0 Å². The average molecular weight is 347 g/mol. The molecule has 1 aliphatic rings. The summed E-state index contributed by atoms with van der Waals surface area (Å²) in [4.78, 5) is 14.0. The van der Waals surface area contributed by atoms with Gasteiger partial charge in [-0.1, -0.05) is 0 Å². The molecule has 1 N–H and O–H groups in total. The molecule has 0 aliphatic carbocycles. The Bertz CT molecular complexity index is 504. The molecule has 1 aromatic rings. The summed E-state index contributed by atoms with van der Waals surface area (Å²) in [6.45, 7) is 3.14. The normalized spacial score (nSPS) is 16.9. The molecule has 0 spiro atoms. The van der Waals surface area contributed by atoms with Crippen molar-refractivity contribution in [2.45, 2.75) is 32.2 Å². The van der Waals surface area contributed by atoms with E-state index < -0.39 is 17.7 Å². The molecule has 6 heteroatoms. The second kappa shape index (κ2) is 6.52. The van der Waals surface area contributed by atoms with Gasteiger partial charge < -0.3 is 10.2 Å². The molecular formula is C14H17BrF2N2O. The van der Waals surface area contributed by atoms with Gasteiger partial charge in [0.2, 0.25) is 5.91 Å². The zero-order valence-electron chi connectivity index (χ0n) is 11.3. The molecule has 1 aliphatic heterocycles. The van der Waals surface area contributed by atoms with Gasteiger partial charge in [0.05, 0.1) is 10.2 Å². The fraction of sp³-hybridized carbons (Fsp3) is 0.500. The molecule has 3 nitrogen and oxygen atoms in total. The highest BCUT2D eigenvalue weighted by Crippen LogP contribution is 2.24. The Morgan fingerprint density at radius 2 is 1.90 bits per heavy atom. The number of rotatable bonds is 3. The van der Waals surface area contributed by atoms with Crippen LogP contribution in [-0.4, -0.2) is 29.9 Å². The standard InChI is InChI=1S/C14H17BrF2N2O/c1-9(14(20)19-5-3-2-4-6-19)18-13-8-11(16)10(15)7-12(13)17/h7-9,18H,2-6H2,1H3. The molecule has 20 heavy (non-hydrogen) atoms. The number of nitrogens with one attached hydrogen (secondary N) is 1. The first-order valence-corrected chi connectivity index (χ1v) is 7.48. The van der Waals surface area contributed by atoms with Crippen molar-refractivity contribution in [3.05, 3.63) is 28.2 Å². The topological polar surface area (TPSA) is 32.3 Å². The zero-order chi connectivity index (χ0) is 14.7. The lowest BCUT2D eigenvalue weighted by Crippen LogP contribution is -2.44. The molecule has 1 aromatic carbocycles. The Labute approximate surface area is 125 Å². The first kappa shape index (κ1) is 15.2. The van der Waals surface area contributed by atoms with Crippen LogP contribution in [0.4, 0.5) is 14.5 Å². The molecule has 1 saturated heterocycles. The summed E-state index contributed by atoms with van der Waals surface area (Å²) in [6.07, 6.45) is 3.14. The molecule has 1 amide bonds. The predicted molar refractivity (Wildman–Crippen MR) is 77.6 cm³/mol. The van der Waals surface area contributed by atoms with E-state index in [1.807, 2.05) is 0 Å². The smallest absolute Gasteiger partial charge is 0.244 e. The second-order valence-electron chi connectivity index (χ2n) is 5.00. The van der Waals surface area contributed by atoms with Crippen molar-refractivity contribution in [1.82, 2.24) is 4.90 Å². The number of carbonyl (C=O) groups is 1. The maximum Gasteiger partial charge on any atom is 0.244 e. The van der Waals surface area contributed by atoms with Crippen molar-refractivity contribution in [1.29, 1.82) is 0 Å². The number of halogens is 3. The van der Waals surface area contributed by atoms with E-state index in [2.05, 4.69) is 21.2 Å². The number of nitrogens with zero attached hydrogens (tertiary/aromatic N) is 1. The number of benzene rings is 1. The third kappa shape index (κ3) is 3.48. The average Bonchev–Trinajstić information content (AvgIpc) is 2.44. The molecule has 0 radical (unpaired) electrons. The van der Waals surface area contributed by atoms with Crippen LogP contribution in [0.3, 0.4) is 0 Å². The Morgan fingerprint density at radius 3 is 2.55 bits per heavy atom. The van der Waals surface area contributed by atoms with Gasteiger partial charge in [0.25, 0.3) is 0 Å². The fourth-order valence-electron chi connectivity index (χ4n) is 2.32. The van der Waals surface area contributed by atoms with E-state index in [9.17, 15) is 13.6 Å². The summed E-state index contributed by atoms with van der Waals surface area (Å²) in [5, 5.41) is 2.75. The number of piperidine rings is 1. The Hall–Kier alpha value is -1.17. The molecule has 1 heterocycles. The highest BCUT2D eigenvalue weighted by Gasteiger charge is 2.23. The zero-order valence-corrected chi connectivity index (χ0v) is 12.8. The molecule has 1 atom stereocenters. The SMILES string of the molecule is CC(Nc1cc(F)c(Br)cc1F)C(=O)N1CCCCC1. The van der Waals surface area contributed by atoms with Gasteiger partial charge in [-0.05, 0) is 48.2 Å². The summed E-state index contributed by atoms with van der Waals surface area (Å²) < 4.78 is 27.2. The van der Waals surface area contributed by atoms with E-state index in [4.69, 9.17) is 0 Å². The molecule has 1 fully saturated rings. The van der Waals surface area contributed by atoms with Gasteiger partial charge in [0, 0.05) is 19.2 Å². The van der Waals surface area contributed by atoms with Crippen molar-refractivity contribution in [2.75, 3.05) is 18.4 Å². The quantitative estimate of drug-likeness (QED) is 0.849. The highest BCUT2D eigenvalue weighted by molar-refractivity contribution is 9.10. The summed E-state index contributed by atoms with van der Waals surface area (Å²) in [7, 11) is 0. The van der Waals surface area contributed by atoms with E-state index >= 15 is 0 Å². The van der Waals surface area contributed by atoms with Crippen LogP contribution in [0.25, 0.3) is 0 Å². The predicted octanol–water partition coefficient (Wildman–Crippen LogP) is 3.54.